The van der Waals surface area contributed by atoms with E-state index in [0.717, 1.165) is 6.21 Å². The van der Waals surface area contributed by atoms with Gasteiger partial charge in [0.1, 0.15) is 0 Å². The van der Waals surface area contributed by atoms with Gasteiger partial charge in [-0.3, -0.25) is 4.79 Å². The summed E-state index contributed by atoms with van der Waals surface area (Å²) in [5.74, 6) is -0.157. The molecule has 0 saturated carbocycles. The van der Waals surface area contributed by atoms with E-state index in [2.05, 4.69) is 0 Å². The Morgan fingerprint density at radius 2 is 2.25 bits per heavy atom. The third-order valence-electron chi connectivity index (χ3n) is 0.633. The second kappa shape index (κ2) is 3.32. The van der Waals surface area contributed by atoms with Crippen LogP contribution in [0.1, 0.15) is 0 Å². The van der Waals surface area contributed by atoms with Crippen molar-refractivity contribution in [2.75, 3.05) is 20.6 Å². The molecule has 0 radical (unpaired) electrons. The number of carbonyl (C=O) groups is 1. The van der Waals surface area contributed by atoms with E-state index in [1.165, 1.54) is 0 Å². The van der Waals surface area contributed by atoms with Crippen LogP contribution in [0.2, 0.25) is 0 Å². The molecule has 0 fully saturated rings. The van der Waals surface area contributed by atoms with Crippen LogP contribution in [0.5, 0.6) is 0 Å². The maximum Gasteiger partial charge on any atom is 0.187 e. The molecule has 3 heteroatoms. The van der Waals surface area contributed by atoms with Crippen molar-refractivity contribution in [2.24, 2.45) is 0 Å². The lowest BCUT2D eigenvalue weighted by atomic mass is 10.4. The molecule has 3 nitrogen and oxygen atoms in total. The molecule has 0 aromatic carbocycles. The average Bonchev–Trinajstić information content (AvgIpc) is 1.65. The van der Waals surface area contributed by atoms with Crippen molar-refractivity contribution in [1.82, 2.24) is 4.90 Å². The van der Waals surface area contributed by atoms with Crippen molar-refractivity contribution in [3.63, 3.8) is 0 Å². The lowest BCUT2D eigenvalue weighted by Gasteiger charge is -2.03. The highest BCUT2D eigenvalue weighted by Gasteiger charge is 1.95. The van der Waals surface area contributed by atoms with E-state index >= 15 is 0 Å². The van der Waals surface area contributed by atoms with Crippen LogP contribution >= 0.6 is 0 Å². The molecule has 0 aromatic rings. The minimum atomic E-state index is -0.157. The van der Waals surface area contributed by atoms with Crippen LogP contribution in [0.4, 0.5) is 0 Å². The molecule has 46 valence electrons. The van der Waals surface area contributed by atoms with Crippen molar-refractivity contribution in [3.05, 3.63) is 0 Å². The maximum atomic E-state index is 10.3. The van der Waals surface area contributed by atoms with Crippen LogP contribution in [0.25, 0.3) is 0 Å². The number of likely N-dealkylation sites (N-methyl/N-ethyl adjacent to an activating group) is 1. The summed E-state index contributed by atoms with van der Waals surface area (Å²) in [5, 5.41) is 6.50. The van der Waals surface area contributed by atoms with E-state index < -0.39 is 0 Å². The predicted octanol–water partition coefficient (Wildman–Crippen LogP) is -0.233. The molecule has 0 aromatic heterocycles. The van der Waals surface area contributed by atoms with E-state index in [4.69, 9.17) is 5.41 Å². The Hall–Kier alpha value is -0.700. The summed E-state index contributed by atoms with van der Waals surface area (Å²) in [6.07, 6.45) is 0.833. The summed E-state index contributed by atoms with van der Waals surface area (Å²) < 4.78 is 0. The topological polar surface area (TPSA) is 44.2 Å². The zero-order valence-corrected chi connectivity index (χ0v) is 5.14. The first kappa shape index (κ1) is 7.30. The van der Waals surface area contributed by atoms with Crippen molar-refractivity contribution < 1.29 is 4.79 Å². The monoisotopic (exact) mass is 114 g/mol. The SMILES string of the molecule is CN(C)CC(=O)C=N. The van der Waals surface area contributed by atoms with E-state index in [0.29, 0.717) is 6.54 Å². The summed E-state index contributed by atoms with van der Waals surface area (Å²) in [5.41, 5.74) is 0. The molecule has 0 aliphatic carbocycles. The van der Waals surface area contributed by atoms with Crippen molar-refractivity contribution >= 4 is 12.0 Å². The van der Waals surface area contributed by atoms with Crippen molar-refractivity contribution in [3.8, 4) is 0 Å². The summed E-state index contributed by atoms with van der Waals surface area (Å²) in [6.45, 7) is 0.337. The molecule has 0 aliphatic rings. The Morgan fingerprint density at radius 3 is 2.38 bits per heavy atom. The van der Waals surface area contributed by atoms with Gasteiger partial charge in [-0.25, -0.2) is 0 Å². The zero-order chi connectivity index (χ0) is 6.57. The van der Waals surface area contributed by atoms with Crippen LogP contribution in [0.3, 0.4) is 0 Å². The Balaban J connectivity index is 3.39. The number of nitrogens with zero attached hydrogens (tertiary/aromatic N) is 1. The number of nitrogens with one attached hydrogen (secondary N) is 1. The number of ketones is 1. The van der Waals surface area contributed by atoms with Gasteiger partial charge in [0.25, 0.3) is 0 Å². The van der Waals surface area contributed by atoms with Crippen LogP contribution in [0, 0.1) is 5.41 Å². The van der Waals surface area contributed by atoms with Gasteiger partial charge in [0, 0.05) is 0 Å². The summed E-state index contributed by atoms with van der Waals surface area (Å²) in [7, 11) is 3.59. The second-order valence-corrected chi connectivity index (χ2v) is 1.85. The molecule has 0 bridgehead atoms. The highest BCUT2D eigenvalue weighted by molar-refractivity contribution is 6.27. The Labute approximate surface area is 48.8 Å². The zero-order valence-electron chi connectivity index (χ0n) is 5.14. The Morgan fingerprint density at radius 1 is 1.75 bits per heavy atom. The Bertz CT molecular complexity index is 98.6. The lowest BCUT2D eigenvalue weighted by Crippen LogP contribution is -2.21. The first-order valence-corrected chi connectivity index (χ1v) is 2.35. The number of Topliss-reactive ketones (excluding diaryl/α,β-unsaturated/α-hetero) is 1. The molecule has 0 aliphatic heterocycles. The largest absolute Gasteiger partial charge is 0.305 e. The molecular weight excluding hydrogens is 104 g/mol. The first-order chi connectivity index (χ1) is 3.66. The van der Waals surface area contributed by atoms with Gasteiger partial charge in [-0.2, -0.15) is 0 Å². The van der Waals surface area contributed by atoms with E-state index in [1.54, 1.807) is 19.0 Å². The second-order valence-electron chi connectivity index (χ2n) is 1.85. The quantitative estimate of drug-likeness (QED) is 0.515. The van der Waals surface area contributed by atoms with Crippen LogP contribution < -0.4 is 0 Å². The van der Waals surface area contributed by atoms with Gasteiger partial charge in [-0.05, 0) is 14.1 Å². The summed E-state index contributed by atoms with van der Waals surface area (Å²) in [4.78, 5) is 12.1. The van der Waals surface area contributed by atoms with Crippen molar-refractivity contribution in [2.45, 2.75) is 0 Å². The minimum absolute atomic E-state index is 0.157. The van der Waals surface area contributed by atoms with Gasteiger partial charge in [0.15, 0.2) is 5.78 Å². The normalized spacial score (nSPS) is 9.38. The van der Waals surface area contributed by atoms with Crippen LogP contribution in [-0.2, 0) is 4.79 Å². The summed E-state index contributed by atoms with van der Waals surface area (Å²) in [6, 6.07) is 0. The molecule has 0 saturated heterocycles. The fraction of sp³-hybridized carbons (Fsp3) is 0.600. The number of hydrogen-bond acceptors (Lipinski definition) is 3. The van der Waals surface area contributed by atoms with Gasteiger partial charge in [-0.15, -0.1) is 0 Å². The highest BCUT2D eigenvalue weighted by Crippen LogP contribution is 1.71. The molecule has 1 N–H and O–H groups in total. The maximum absolute atomic E-state index is 10.3. The molecule has 0 rings (SSSR count). The number of rotatable bonds is 3. The fourth-order valence-corrected chi connectivity index (χ4v) is 0.357. The van der Waals surface area contributed by atoms with Crippen LogP contribution in [0.15, 0.2) is 0 Å². The molecule has 0 unspecified atom stereocenters. The average molecular weight is 114 g/mol. The Kier molecular flexibility index (Phi) is 3.03. The minimum Gasteiger partial charge on any atom is -0.305 e. The van der Waals surface area contributed by atoms with E-state index in [1.807, 2.05) is 0 Å². The summed E-state index contributed by atoms with van der Waals surface area (Å²) >= 11 is 0. The third-order valence-corrected chi connectivity index (χ3v) is 0.633. The van der Waals surface area contributed by atoms with Gasteiger partial charge in [-0.1, -0.05) is 0 Å². The lowest BCUT2D eigenvalue weighted by molar-refractivity contribution is -0.113. The fourth-order valence-electron chi connectivity index (χ4n) is 0.357. The van der Waals surface area contributed by atoms with Crippen molar-refractivity contribution in [1.29, 1.82) is 5.41 Å². The van der Waals surface area contributed by atoms with Gasteiger partial charge in [0.05, 0.1) is 12.8 Å². The molecular formula is C5H10N2O. The molecule has 0 atom stereocenters. The van der Waals surface area contributed by atoms with Gasteiger partial charge >= 0.3 is 0 Å². The highest BCUT2D eigenvalue weighted by atomic mass is 16.1. The van der Waals surface area contributed by atoms with Gasteiger partial charge in [0.2, 0.25) is 0 Å². The standard InChI is InChI=1S/C5H10N2O/c1-7(2)4-5(8)3-6/h3,6H,4H2,1-2H3. The first-order valence-electron chi connectivity index (χ1n) is 2.35. The van der Waals surface area contributed by atoms with Gasteiger partial charge < -0.3 is 10.3 Å². The molecule has 0 spiro atoms. The third kappa shape index (κ3) is 3.49. The smallest absolute Gasteiger partial charge is 0.187 e. The van der Waals surface area contributed by atoms with E-state index in [9.17, 15) is 4.79 Å². The molecule has 0 amide bonds. The number of hydrogen-bond donors (Lipinski definition) is 1. The molecule has 8 heavy (non-hydrogen) atoms. The van der Waals surface area contributed by atoms with E-state index in [-0.39, 0.29) is 5.78 Å². The van der Waals surface area contributed by atoms with Crippen LogP contribution in [-0.4, -0.2) is 37.5 Å². The molecule has 0 heterocycles. The number of carbonyl (C=O) groups excluding carboxylic acids is 1. The predicted molar refractivity (Wildman–Crippen MR) is 32.3 cm³/mol.